The van der Waals surface area contributed by atoms with Gasteiger partial charge >= 0.3 is 5.97 Å². The maximum atomic E-state index is 11.6. The Bertz CT molecular complexity index is 399. The summed E-state index contributed by atoms with van der Waals surface area (Å²) in [6.45, 7) is 1.72. The van der Waals surface area contributed by atoms with Crippen molar-refractivity contribution < 1.29 is 14.7 Å². The number of carbonyl (C=O) groups is 2. The van der Waals surface area contributed by atoms with E-state index in [1.165, 1.54) is 6.07 Å². The highest BCUT2D eigenvalue weighted by molar-refractivity contribution is 6.20. The highest BCUT2D eigenvalue weighted by Gasteiger charge is 2.17. The number of carboxylic acid groups (broad SMARTS) is 1. The molecule has 15 heavy (non-hydrogen) atoms. The molecule has 80 valence electrons. The average Bonchev–Trinajstić information content (AvgIpc) is 2.17. The number of benzene rings is 1. The highest BCUT2D eigenvalue weighted by atomic mass is 35.5. The van der Waals surface area contributed by atoms with E-state index < -0.39 is 5.97 Å². The Morgan fingerprint density at radius 2 is 2.07 bits per heavy atom. The predicted octanol–water partition coefficient (Wildman–Crippen LogP) is 2.50. The molecular weight excluding hydrogens is 216 g/mol. The third kappa shape index (κ3) is 2.57. The van der Waals surface area contributed by atoms with Gasteiger partial charge in [0.15, 0.2) is 5.78 Å². The molecule has 0 amide bonds. The van der Waals surface area contributed by atoms with Crippen LogP contribution in [0, 0.1) is 6.92 Å². The fraction of sp³-hybridized carbons (Fsp3) is 0.273. The van der Waals surface area contributed by atoms with Crippen molar-refractivity contribution in [3.8, 4) is 0 Å². The number of carbonyl (C=O) groups excluding carboxylic acids is 1. The lowest BCUT2D eigenvalue weighted by atomic mass is 9.97. The Morgan fingerprint density at radius 3 is 2.60 bits per heavy atom. The molecule has 3 nitrogen and oxygen atoms in total. The molecule has 0 aromatic heterocycles. The molecule has 4 heteroatoms. The fourth-order valence-electron chi connectivity index (χ4n) is 1.43. The lowest BCUT2D eigenvalue weighted by Gasteiger charge is -2.07. The maximum Gasteiger partial charge on any atom is 0.336 e. The molecule has 1 N–H and O–H groups in total. The molecular formula is C11H11ClO3. The first-order chi connectivity index (χ1) is 7.07. The summed E-state index contributed by atoms with van der Waals surface area (Å²) in [5.74, 6) is -1.11. The quantitative estimate of drug-likeness (QED) is 0.634. The number of hydrogen-bond donors (Lipinski definition) is 1. The van der Waals surface area contributed by atoms with Crippen molar-refractivity contribution in [1.82, 2.24) is 0 Å². The van der Waals surface area contributed by atoms with Crippen molar-refractivity contribution in [2.24, 2.45) is 0 Å². The van der Waals surface area contributed by atoms with Crippen molar-refractivity contribution >= 4 is 23.4 Å². The number of aromatic carboxylic acids is 1. The number of alkyl halides is 1. The molecule has 0 spiro atoms. The number of ketones is 1. The standard InChI is InChI=1S/C11H11ClO3/c1-7-3-2-4-8(11(14)15)10(7)9(13)5-6-12/h2-4H,5-6H2,1H3,(H,14,15). The Labute approximate surface area is 92.7 Å². The number of Topliss-reactive ketones (excluding diaryl/α,β-unsaturated/α-hetero) is 1. The Balaban J connectivity index is 3.24. The van der Waals surface area contributed by atoms with Gasteiger partial charge in [0.25, 0.3) is 0 Å². The summed E-state index contributed by atoms with van der Waals surface area (Å²) in [6, 6.07) is 4.76. The van der Waals surface area contributed by atoms with Crippen LogP contribution in [0.5, 0.6) is 0 Å². The molecule has 0 unspecified atom stereocenters. The molecule has 0 aliphatic rings. The summed E-state index contributed by atoms with van der Waals surface area (Å²) < 4.78 is 0. The van der Waals surface area contributed by atoms with Crippen molar-refractivity contribution in [3.63, 3.8) is 0 Å². The first-order valence-corrected chi connectivity index (χ1v) is 5.03. The van der Waals surface area contributed by atoms with Crippen LogP contribution >= 0.6 is 11.6 Å². The van der Waals surface area contributed by atoms with Crippen LogP contribution < -0.4 is 0 Å². The fourth-order valence-corrected chi connectivity index (χ4v) is 1.60. The highest BCUT2D eigenvalue weighted by Crippen LogP contribution is 2.16. The molecule has 0 aliphatic carbocycles. The number of rotatable bonds is 4. The zero-order valence-corrected chi connectivity index (χ0v) is 9.04. The summed E-state index contributed by atoms with van der Waals surface area (Å²) in [4.78, 5) is 22.5. The monoisotopic (exact) mass is 226 g/mol. The van der Waals surface area contributed by atoms with Gasteiger partial charge in [-0.05, 0) is 18.6 Å². The van der Waals surface area contributed by atoms with Crippen molar-refractivity contribution in [2.45, 2.75) is 13.3 Å². The van der Waals surface area contributed by atoms with Crippen LogP contribution in [0.25, 0.3) is 0 Å². The van der Waals surface area contributed by atoms with E-state index in [2.05, 4.69) is 0 Å². The molecule has 0 saturated carbocycles. The van der Waals surface area contributed by atoms with E-state index in [9.17, 15) is 9.59 Å². The van der Waals surface area contributed by atoms with Crippen molar-refractivity contribution in [3.05, 3.63) is 34.9 Å². The lowest BCUT2D eigenvalue weighted by molar-refractivity contribution is 0.0691. The van der Waals surface area contributed by atoms with Crippen LogP contribution in [0.1, 0.15) is 32.7 Å². The van der Waals surface area contributed by atoms with Crippen LogP contribution in [-0.4, -0.2) is 22.7 Å². The van der Waals surface area contributed by atoms with Gasteiger partial charge in [-0.15, -0.1) is 11.6 Å². The van der Waals surface area contributed by atoms with Gasteiger partial charge in [-0.3, -0.25) is 4.79 Å². The topological polar surface area (TPSA) is 54.4 Å². The lowest BCUT2D eigenvalue weighted by Crippen LogP contribution is -2.11. The Morgan fingerprint density at radius 1 is 1.40 bits per heavy atom. The Hall–Kier alpha value is -1.35. The minimum absolute atomic E-state index is 0.0464. The second-order valence-corrected chi connectivity index (χ2v) is 3.54. The van der Waals surface area contributed by atoms with Crippen molar-refractivity contribution in [2.75, 3.05) is 5.88 Å². The molecule has 1 aromatic carbocycles. The van der Waals surface area contributed by atoms with Gasteiger partial charge in [-0.25, -0.2) is 4.79 Å². The minimum atomic E-state index is -1.09. The van der Waals surface area contributed by atoms with Gasteiger partial charge in [0.2, 0.25) is 0 Å². The van der Waals surface area contributed by atoms with Crippen LogP contribution in [0.2, 0.25) is 0 Å². The van der Waals surface area contributed by atoms with Gasteiger partial charge in [0.1, 0.15) is 0 Å². The maximum absolute atomic E-state index is 11.6. The van der Waals surface area contributed by atoms with E-state index in [-0.39, 0.29) is 29.2 Å². The third-order valence-corrected chi connectivity index (χ3v) is 2.29. The van der Waals surface area contributed by atoms with Crippen LogP contribution in [0.4, 0.5) is 0 Å². The van der Waals surface area contributed by atoms with E-state index in [1.807, 2.05) is 0 Å². The minimum Gasteiger partial charge on any atom is -0.478 e. The number of aryl methyl sites for hydroxylation is 1. The second-order valence-electron chi connectivity index (χ2n) is 3.16. The second kappa shape index (κ2) is 4.94. The van der Waals surface area contributed by atoms with Crippen LogP contribution in [-0.2, 0) is 0 Å². The van der Waals surface area contributed by atoms with E-state index in [0.717, 1.165) is 0 Å². The molecule has 1 aromatic rings. The Kier molecular flexibility index (Phi) is 3.86. The average molecular weight is 227 g/mol. The van der Waals surface area contributed by atoms with Crippen LogP contribution in [0.3, 0.4) is 0 Å². The molecule has 1 rings (SSSR count). The first-order valence-electron chi connectivity index (χ1n) is 4.50. The molecule has 0 heterocycles. The number of carboxylic acids is 1. The third-order valence-electron chi connectivity index (χ3n) is 2.10. The van der Waals surface area contributed by atoms with Crippen molar-refractivity contribution in [1.29, 1.82) is 0 Å². The summed E-state index contributed by atoms with van der Waals surface area (Å²) in [5.41, 5.74) is 0.987. The van der Waals surface area contributed by atoms with Gasteiger partial charge in [-0.1, -0.05) is 12.1 Å². The molecule has 0 atom stereocenters. The largest absolute Gasteiger partial charge is 0.478 e. The van der Waals surface area contributed by atoms with Crippen LogP contribution in [0.15, 0.2) is 18.2 Å². The first kappa shape index (κ1) is 11.7. The normalized spacial score (nSPS) is 10.0. The zero-order chi connectivity index (χ0) is 11.4. The number of halogens is 1. The number of hydrogen-bond acceptors (Lipinski definition) is 2. The van der Waals surface area contributed by atoms with Gasteiger partial charge in [0.05, 0.1) is 5.56 Å². The van der Waals surface area contributed by atoms with Gasteiger partial charge in [-0.2, -0.15) is 0 Å². The predicted molar refractivity (Wildman–Crippen MR) is 57.8 cm³/mol. The summed E-state index contributed by atoms with van der Waals surface area (Å²) in [7, 11) is 0. The zero-order valence-electron chi connectivity index (χ0n) is 8.29. The summed E-state index contributed by atoms with van der Waals surface area (Å²) in [6.07, 6.45) is 0.159. The molecule has 0 fully saturated rings. The molecule has 0 aliphatic heterocycles. The molecule has 0 radical (unpaired) electrons. The SMILES string of the molecule is Cc1cccc(C(=O)O)c1C(=O)CCCl. The molecule has 0 saturated heterocycles. The van der Waals surface area contributed by atoms with E-state index in [4.69, 9.17) is 16.7 Å². The smallest absolute Gasteiger partial charge is 0.336 e. The van der Waals surface area contributed by atoms with E-state index in [0.29, 0.717) is 5.56 Å². The summed E-state index contributed by atoms with van der Waals surface area (Å²) >= 11 is 5.46. The van der Waals surface area contributed by atoms with E-state index in [1.54, 1.807) is 19.1 Å². The molecule has 0 bridgehead atoms. The van der Waals surface area contributed by atoms with Gasteiger partial charge < -0.3 is 5.11 Å². The van der Waals surface area contributed by atoms with Gasteiger partial charge in [0, 0.05) is 17.9 Å². The summed E-state index contributed by atoms with van der Waals surface area (Å²) in [5, 5.41) is 8.92. The van der Waals surface area contributed by atoms with E-state index >= 15 is 0 Å².